The van der Waals surface area contributed by atoms with Crippen molar-refractivity contribution in [3.05, 3.63) is 33.9 Å². The summed E-state index contributed by atoms with van der Waals surface area (Å²) in [5.41, 5.74) is 0.659. The van der Waals surface area contributed by atoms with Crippen LogP contribution in [0.5, 0.6) is 5.75 Å². The number of rotatable bonds is 5. The minimum absolute atomic E-state index is 0.0708. The van der Waals surface area contributed by atoms with Gasteiger partial charge in [-0.2, -0.15) is 0 Å². The van der Waals surface area contributed by atoms with Gasteiger partial charge < -0.3 is 9.84 Å². The summed E-state index contributed by atoms with van der Waals surface area (Å²) >= 11 is 0. The first-order valence-electron chi connectivity index (χ1n) is 5.04. The lowest BCUT2D eigenvalue weighted by molar-refractivity contribution is -0.385. The number of nitrogens with zero attached hydrogens (tertiary/aromatic N) is 1. The molecule has 0 saturated heterocycles. The van der Waals surface area contributed by atoms with Crippen molar-refractivity contribution in [2.75, 3.05) is 7.11 Å². The maximum Gasteiger partial charge on any atom is 0.272 e. The Morgan fingerprint density at radius 2 is 2.25 bits per heavy atom. The monoisotopic (exact) mass is 225 g/mol. The third-order valence-corrected chi connectivity index (χ3v) is 2.31. The molecule has 0 bridgehead atoms. The molecule has 0 heterocycles. The van der Waals surface area contributed by atoms with Crippen LogP contribution in [-0.4, -0.2) is 23.2 Å². The fourth-order valence-electron chi connectivity index (χ4n) is 1.43. The standard InChI is InChI=1S/C11H15NO4/c1-8(13)3-4-9-7-10(16-2)5-6-11(9)12(14)15/h5-8,13H,3-4H2,1-2H3/t8-/m0/s1. The summed E-state index contributed by atoms with van der Waals surface area (Å²) in [6.45, 7) is 1.66. The zero-order valence-corrected chi connectivity index (χ0v) is 9.34. The molecule has 0 fully saturated rings. The van der Waals surface area contributed by atoms with Crippen LogP contribution < -0.4 is 4.74 Å². The molecule has 16 heavy (non-hydrogen) atoms. The normalized spacial score (nSPS) is 12.2. The maximum atomic E-state index is 10.8. The molecule has 5 nitrogen and oxygen atoms in total. The van der Waals surface area contributed by atoms with Gasteiger partial charge >= 0.3 is 0 Å². The summed E-state index contributed by atoms with van der Waals surface area (Å²) in [6.07, 6.45) is 0.491. The molecule has 1 aromatic carbocycles. The lowest BCUT2D eigenvalue weighted by atomic mass is 10.1. The molecule has 0 aliphatic carbocycles. The number of nitro groups is 1. The topological polar surface area (TPSA) is 72.6 Å². The van der Waals surface area contributed by atoms with E-state index in [-0.39, 0.29) is 5.69 Å². The van der Waals surface area contributed by atoms with Crippen LogP contribution in [0, 0.1) is 10.1 Å². The van der Waals surface area contributed by atoms with E-state index in [0.29, 0.717) is 24.2 Å². The molecule has 1 rings (SSSR count). The van der Waals surface area contributed by atoms with Crippen LogP contribution in [0.4, 0.5) is 5.69 Å². The molecule has 88 valence electrons. The zero-order valence-electron chi connectivity index (χ0n) is 9.34. The molecule has 0 saturated carbocycles. The van der Waals surface area contributed by atoms with Crippen LogP contribution in [-0.2, 0) is 6.42 Å². The highest BCUT2D eigenvalue weighted by Crippen LogP contribution is 2.25. The third-order valence-electron chi connectivity index (χ3n) is 2.31. The molecule has 1 N–H and O–H groups in total. The summed E-state index contributed by atoms with van der Waals surface area (Å²) in [5.74, 6) is 0.589. The molecule has 1 atom stereocenters. The molecule has 0 radical (unpaired) electrons. The van der Waals surface area contributed by atoms with E-state index in [9.17, 15) is 10.1 Å². The largest absolute Gasteiger partial charge is 0.497 e. The lowest BCUT2D eigenvalue weighted by Gasteiger charge is -2.07. The molecular formula is C11H15NO4. The van der Waals surface area contributed by atoms with Crippen molar-refractivity contribution >= 4 is 5.69 Å². The number of nitro benzene ring substituents is 1. The van der Waals surface area contributed by atoms with Crippen molar-refractivity contribution in [2.24, 2.45) is 0 Å². The van der Waals surface area contributed by atoms with Crippen molar-refractivity contribution in [1.29, 1.82) is 0 Å². The van der Waals surface area contributed by atoms with Gasteiger partial charge in [-0.25, -0.2) is 0 Å². The highest BCUT2D eigenvalue weighted by Gasteiger charge is 2.14. The summed E-state index contributed by atoms with van der Waals surface area (Å²) in [6, 6.07) is 4.63. The van der Waals surface area contributed by atoms with E-state index < -0.39 is 11.0 Å². The van der Waals surface area contributed by atoms with Crippen LogP contribution >= 0.6 is 0 Å². The number of hydrogen-bond donors (Lipinski definition) is 1. The van der Waals surface area contributed by atoms with Gasteiger partial charge in [0.1, 0.15) is 5.75 Å². The molecule has 0 aliphatic rings. The molecule has 0 unspecified atom stereocenters. The number of aliphatic hydroxyl groups excluding tert-OH is 1. The SMILES string of the molecule is COc1ccc([N+](=O)[O-])c(CC[C@H](C)O)c1. The average Bonchev–Trinajstić information content (AvgIpc) is 2.25. The fourth-order valence-corrected chi connectivity index (χ4v) is 1.43. The number of aryl methyl sites for hydroxylation is 1. The maximum absolute atomic E-state index is 10.8. The number of ether oxygens (including phenoxy) is 1. The average molecular weight is 225 g/mol. The van der Waals surface area contributed by atoms with Gasteiger partial charge in [0.2, 0.25) is 0 Å². The Morgan fingerprint density at radius 3 is 2.75 bits per heavy atom. The second-order valence-electron chi connectivity index (χ2n) is 3.64. The van der Waals surface area contributed by atoms with Gasteiger partial charge in [0.25, 0.3) is 5.69 Å². The van der Waals surface area contributed by atoms with Gasteiger partial charge in [0.15, 0.2) is 0 Å². The Balaban J connectivity index is 2.96. The summed E-state index contributed by atoms with van der Waals surface area (Å²) in [5, 5.41) is 19.9. The van der Waals surface area contributed by atoms with Crippen molar-refractivity contribution < 1.29 is 14.8 Å². The van der Waals surface area contributed by atoms with Crippen molar-refractivity contribution in [2.45, 2.75) is 25.9 Å². The summed E-state index contributed by atoms with van der Waals surface area (Å²) in [7, 11) is 1.51. The minimum atomic E-state index is -0.467. The Bertz CT molecular complexity index is 376. The number of aliphatic hydroxyl groups is 1. The van der Waals surface area contributed by atoms with Crippen molar-refractivity contribution in [1.82, 2.24) is 0 Å². The first-order chi connectivity index (χ1) is 7.54. The van der Waals surface area contributed by atoms with E-state index in [0.717, 1.165) is 0 Å². The van der Waals surface area contributed by atoms with Crippen LogP contribution in [0.25, 0.3) is 0 Å². The molecule has 0 amide bonds. The Labute approximate surface area is 93.8 Å². The quantitative estimate of drug-likeness (QED) is 0.613. The predicted molar refractivity (Wildman–Crippen MR) is 59.7 cm³/mol. The van der Waals surface area contributed by atoms with E-state index in [1.807, 2.05) is 0 Å². The predicted octanol–water partition coefficient (Wildman–Crippen LogP) is 1.92. The zero-order chi connectivity index (χ0) is 12.1. The minimum Gasteiger partial charge on any atom is -0.497 e. The smallest absolute Gasteiger partial charge is 0.272 e. The number of hydrogen-bond acceptors (Lipinski definition) is 4. The first kappa shape index (κ1) is 12.4. The van der Waals surface area contributed by atoms with Crippen molar-refractivity contribution in [3.8, 4) is 5.75 Å². The van der Waals surface area contributed by atoms with Crippen molar-refractivity contribution in [3.63, 3.8) is 0 Å². The summed E-state index contributed by atoms with van der Waals surface area (Å²) in [4.78, 5) is 10.3. The number of benzene rings is 1. The summed E-state index contributed by atoms with van der Waals surface area (Å²) < 4.78 is 5.01. The first-order valence-corrected chi connectivity index (χ1v) is 5.04. The Kier molecular flexibility index (Phi) is 4.25. The van der Waals surface area contributed by atoms with Gasteiger partial charge in [-0.3, -0.25) is 10.1 Å². The Morgan fingerprint density at radius 1 is 1.56 bits per heavy atom. The molecule has 0 spiro atoms. The van der Waals surface area contributed by atoms with Crippen LogP contribution in [0.3, 0.4) is 0 Å². The lowest BCUT2D eigenvalue weighted by Crippen LogP contribution is -2.03. The highest BCUT2D eigenvalue weighted by atomic mass is 16.6. The fraction of sp³-hybridized carbons (Fsp3) is 0.455. The molecule has 0 aliphatic heterocycles. The van der Waals surface area contributed by atoms with Crippen LogP contribution in [0.2, 0.25) is 0 Å². The Hall–Kier alpha value is -1.62. The second-order valence-corrected chi connectivity index (χ2v) is 3.64. The van der Waals surface area contributed by atoms with E-state index in [1.165, 1.54) is 13.2 Å². The van der Waals surface area contributed by atoms with E-state index in [1.54, 1.807) is 19.1 Å². The highest BCUT2D eigenvalue weighted by molar-refractivity contribution is 5.45. The van der Waals surface area contributed by atoms with E-state index in [4.69, 9.17) is 9.84 Å². The van der Waals surface area contributed by atoms with Gasteiger partial charge in [-0.15, -0.1) is 0 Å². The molecular weight excluding hydrogens is 210 g/mol. The molecule has 1 aromatic rings. The third kappa shape index (κ3) is 3.20. The van der Waals surface area contributed by atoms with Gasteiger partial charge in [0.05, 0.1) is 18.1 Å². The van der Waals surface area contributed by atoms with Crippen LogP contribution in [0.1, 0.15) is 18.9 Å². The van der Waals surface area contributed by atoms with Gasteiger partial charge in [-0.05, 0) is 31.9 Å². The number of methoxy groups -OCH3 is 1. The van der Waals surface area contributed by atoms with Gasteiger partial charge in [0, 0.05) is 11.6 Å². The second kappa shape index (κ2) is 5.46. The van der Waals surface area contributed by atoms with E-state index >= 15 is 0 Å². The van der Waals surface area contributed by atoms with Crippen LogP contribution in [0.15, 0.2) is 18.2 Å². The van der Waals surface area contributed by atoms with Gasteiger partial charge in [-0.1, -0.05) is 0 Å². The molecule has 5 heteroatoms. The molecule has 0 aromatic heterocycles. The van der Waals surface area contributed by atoms with E-state index in [2.05, 4.69) is 0 Å².